The van der Waals surface area contributed by atoms with Gasteiger partial charge in [0.05, 0.1) is 0 Å². The maximum absolute atomic E-state index is 12.9. The first-order valence-corrected chi connectivity index (χ1v) is 4.78. The Morgan fingerprint density at radius 1 is 1.00 bits per heavy atom. The SMILES string of the molecule is CN(c1ccc(F)cc1)c1cccc(F)n1. The normalized spacial score (nSPS) is 10.2. The number of nitrogens with zero attached hydrogens (tertiary/aromatic N) is 2. The Hall–Kier alpha value is -1.97. The summed E-state index contributed by atoms with van der Waals surface area (Å²) in [5.74, 6) is -0.359. The molecule has 1 aromatic heterocycles. The van der Waals surface area contributed by atoms with Crippen LogP contribution in [0.5, 0.6) is 0 Å². The van der Waals surface area contributed by atoms with Gasteiger partial charge in [-0.3, -0.25) is 0 Å². The van der Waals surface area contributed by atoms with Crippen LogP contribution in [-0.4, -0.2) is 12.0 Å². The number of pyridine rings is 1. The standard InChI is InChI=1S/C12H10F2N2/c1-16(10-7-5-9(13)6-8-10)12-4-2-3-11(14)15-12/h2-8H,1H3. The minimum absolute atomic E-state index is 0.302. The molecule has 0 spiro atoms. The molecule has 0 amide bonds. The Kier molecular flexibility index (Phi) is 2.81. The van der Waals surface area contributed by atoms with Gasteiger partial charge in [0, 0.05) is 12.7 Å². The molecule has 0 fully saturated rings. The van der Waals surface area contributed by atoms with Crippen molar-refractivity contribution in [3.8, 4) is 0 Å². The predicted octanol–water partition coefficient (Wildman–Crippen LogP) is 3.13. The fraction of sp³-hybridized carbons (Fsp3) is 0.0833. The van der Waals surface area contributed by atoms with Gasteiger partial charge in [0.2, 0.25) is 5.95 Å². The van der Waals surface area contributed by atoms with Gasteiger partial charge in [-0.1, -0.05) is 6.07 Å². The second-order valence-electron chi connectivity index (χ2n) is 3.35. The molecule has 0 aliphatic carbocycles. The minimum atomic E-state index is -0.536. The molecule has 2 aromatic rings. The van der Waals surface area contributed by atoms with Gasteiger partial charge in [-0.15, -0.1) is 0 Å². The van der Waals surface area contributed by atoms with Crippen LogP contribution in [0.25, 0.3) is 0 Å². The van der Waals surface area contributed by atoms with E-state index >= 15 is 0 Å². The van der Waals surface area contributed by atoms with Gasteiger partial charge in [0.25, 0.3) is 0 Å². The van der Waals surface area contributed by atoms with Crippen molar-refractivity contribution in [2.75, 3.05) is 11.9 Å². The minimum Gasteiger partial charge on any atom is -0.329 e. The van der Waals surface area contributed by atoms with Crippen molar-refractivity contribution in [3.63, 3.8) is 0 Å². The Bertz CT molecular complexity index is 483. The second kappa shape index (κ2) is 4.26. The molecule has 4 heteroatoms. The molecule has 0 aliphatic heterocycles. The van der Waals surface area contributed by atoms with Crippen LogP contribution in [0.15, 0.2) is 42.5 Å². The van der Waals surface area contributed by atoms with Gasteiger partial charge in [-0.2, -0.15) is 4.39 Å². The third-order valence-electron chi connectivity index (χ3n) is 2.26. The molecule has 1 heterocycles. The quantitative estimate of drug-likeness (QED) is 0.723. The van der Waals surface area contributed by atoms with Crippen LogP contribution in [-0.2, 0) is 0 Å². The third-order valence-corrected chi connectivity index (χ3v) is 2.26. The van der Waals surface area contributed by atoms with Crippen molar-refractivity contribution in [2.24, 2.45) is 0 Å². The van der Waals surface area contributed by atoms with Gasteiger partial charge < -0.3 is 4.90 Å². The summed E-state index contributed by atoms with van der Waals surface area (Å²) in [7, 11) is 1.75. The van der Waals surface area contributed by atoms with Crippen molar-refractivity contribution in [1.29, 1.82) is 0 Å². The Morgan fingerprint density at radius 2 is 1.69 bits per heavy atom. The van der Waals surface area contributed by atoms with E-state index in [1.54, 1.807) is 36.2 Å². The third kappa shape index (κ3) is 2.16. The van der Waals surface area contributed by atoms with Crippen molar-refractivity contribution in [3.05, 3.63) is 54.2 Å². The highest BCUT2D eigenvalue weighted by Gasteiger charge is 2.05. The van der Waals surface area contributed by atoms with E-state index in [9.17, 15) is 8.78 Å². The van der Waals surface area contributed by atoms with Crippen LogP contribution in [0.3, 0.4) is 0 Å². The molecule has 0 N–H and O–H groups in total. The second-order valence-corrected chi connectivity index (χ2v) is 3.35. The molecular formula is C12H10F2N2. The van der Waals surface area contributed by atoms with Crippen molar-refractivity contribution in [1.82, 2.24) is 4.98 Å². The van der Waals surface area contributed by atoms with Crippen LogP contribution in [0.1, 0.15) is 0 Å². The first-order chi connectivity index (χ1) is 7.66. The van der Waals surface area contributed by atoms with Crippen LogP contribution < -0.4 is 4.90 Å². The van der Waals surface area contributed by atoms with Crippen LogP contribution >= 0.6 is 0 Å². The molecule has 82 valence electrons. The molecule has 1 aromatic carbocycles. The molecule has 16 heavy (non-hydrogen) atoms. The van der Waals surface area contributed by atoms with Crippen LogP contribution in [0.4, 0.5) is 20.3 Å². The number of benzene rings is 1. The zero-order valence-corrected chi connectivity index (χ0v) is 8.69. The van der Waals surface area contributed by atoms with E-state index in [4.69, 9.17) is 0 Å². The Balaban J connectivity index is 2.31. The lowest BCUT2D eigenvalue weighted by atomic mass is 10.3. The highest BCUT2D eigenvalue weighted by molar-refractivity contribution is 5.58. The molecule has 0 aliphatic rings. The van der Waals surface area contributed by atoms with E-state index < -0.39 is 5.95 Å². The molecule has 0 bridgehead atoms. The maximum atomic E-state index is 12.9. The lowest BCUT2D eigenvalue weighted by Gasteiger charge is -2.17. The molecule has 2 rings (SSSR count). The summed E-state index contributed by atoms with van der Waals surface area (Å²) in [6.07, 6.45) is 0. The van der Waals surface area contributed by atoms with Crippen molar-refractivity contribution in [2.45, 2.75) is 0 Å². The Morgan fingerprint density at radius 3 is 2.31 bits per heavy atom. The van der Waals surface area contributed by atoms with Crippen molar-refractivity contribution >= 4 is 11.5 Å². The number of hydrogen-bond acceptors (Lipinski definition) is 2. The number of aromatic nitrogens is 1. The number of anilines is 2. The molecule has 2 nitrogen and oxygen atoms in total. The zero-order chi connectivity index (χ0) is 11.5. The van der Waals surface area contributed by atoms with E-state index in [2.05, 4.69) is 4.98 Å². The molecule has 0 atom stereocenters. The first-order valence-electron chi connectivity index (χ1n) is 4.78. The van der Waals surface area contributed by atoms with Crippen LogP contribution in [0.2, 0.25) is 0 Å². The topological polar surface area (TPSA) is 16.1 Å². The zero-order valence-electron chi connectivity index (χ0n) is 8.69. The Labute approximate surface area is 92.2 Å². The van der Waals surface area contributed by atoms with Gasteiger partial charge >= 0.3 is 0 Å². The molecule has 0 unspecified atom stereocenters. The number of rotatable bonds is 2. The first kappa shape index (κ1) is 10.5. The summed E-state index contributed by atoms with van der Waals surface area (Å²) in [6.45, 7) is 0. The molecule has 0 saturated carbocycles. The summed E-state index contributed by atoms with van der Waals surface area (Å²) in [5.41, 5.74) is 0.750. The van der Waals surface area contributed by atoms with E-state index in [-0.39, 0.29) is 5.82 Å². The number of halogens is 2. The lowest BCUT2D eigenvalue weighted by molar-refractivity contribution is 0.584. The van der Waals surface area contributed by atoms with Gasteiger partial charge in [0.15, 0.2) is 0 Å². The smallest absolute Gasteiger partial charge is 0.214 e. The van der Waals surface area contributed by atoms with E-state index in [0.29, 0.717) is 5.82 Å². The monoisotopic (exact) mass is 220 g/mol. The fourth-order valence-electron chi connectivity index (χ4n) is 1.38. The van der Waals surface area contributed by atoms with Gasteiger partial charge in [-0.05, 0) is 36.4 Å². The van der Waals surface area contributed by atoms with Crippen molar-refractivity contribution < 1.29 is 8.78 Å². The lowest BCUT2D eigenvalue weighted by Crippen LogP contribution is -2.11. The summed E-state index contributed by atoms with van der Waals surface area (Å²) < 4.78 is 25.6. The van der Waals surface area contributed by atoms with Gasteiger partial charge in [0.1, 0.15) is 11.6 Å². The van der Waals surface area contributed by atoms with Gasteiger partial charge in [-0.25, -0.2) is 9.37 Å². The van der Waals surface area contributed by atoms with E-state index in [1.165, 1.54) is 18.2 Å². The average Bonchev–Trinajstić information content (AvgIpc) is 2.29. The van der Waals surface area contributed by atoms with Crippen LogP contribution in [0, 0.1) is 11.8 Å². The van der Waals surface area contributed by atoms with E-state index in [1.807, 2.05) is 0 Å². The largest absolute Gasteiger partial charge is 0.329 e. The molecule has 0 saturated heterocycles. The molecular weight excluding hydrogens is 210 g/mol. The highest BCUT2D eigenvalue weighted by atomic mass is 19.1. The summed E-state index contributed by atoms with van der Waals surface area (Å²) >= 11 is 0. The maximum Gasteiger partial charge on any atom is 0.214 e. The summed E-state index contributed by atoms with van der Waals surface area (Å²) in [6, 6.07) is 10.5. The molecule has 0 radical (unpaired) electrons. The fourth-order valence-corrected chi connectivity index (χ4v) is 1.38. The van der Waals surface area contributed by atoms with E-state index in [0.717, 1.165) is 5.69 Å². The summed E-state index contributed by atoms with van der Waals surface area (Å²) in [5, 5.41) is 0. The number of hydrogen-bond donors (Lipinski definition) is 0. The summed E-state index contributed by atoms with van der Waals surface area (Å²) in [4.78, 5) is 5.42. The predicted molar refractivity (Wildman–Crippen MR) is 58.7 cm³/mol. The highest BCUT2D eigenvalue weighted by Crippen LogP contribution is 2.21. The average molecular weight is 220 g/mol.